The van der Waals surface area contributed by atoms with Crippen LogP contribution in [0.15, 0.2) is 17.5 Å². The largest absolute Gasteiger partial charge is 0.327 e. The van der Waals surface area contributed by atoms with E-state index in [1.165, 1.54) is 4.88 Å². The van der Waals surface area contributed by atoms with Crippen LogP contribution in [-0.2, 0) is 0 Å². The van der Waals surface area contributed by atoms with Gasteiger partial charge in [0.05, 0.1) is 0 Å². The number of nitrogens with two attached hydrogens (primary N) is 1. The lowest BCUT2D eigenvalue weighted by atomic mass is 10.0. The van der Waals surface area contributed by atoms with Gasteiger partial charge in [0, 0.05) is 16.8 Å². The molecule has 64 valence electrons. The first-order valence-electron chi connectivity index (χ1n) is 3.51. The average Bonchev–Trinajstić information content (AvgIpc) is 2.36. The van der Waals surface area contributed by atoms with E-state index in [-0.39, 0.29) is 18.4 Å². The van der Waals surface area contributed by atoms with Crippen LogP contribution in [0, 0.1) is 0 Å². The summed E-state index contributed by atoms with van der Waals surface area (Å²) < 4.78 is 0. The minimum absolute atomic E-state index is 0. The summed E-state index contributed by atoms with van der Waals surface area (Å²) in [5, 5.41) is 2.09. The highest BCUT2D eigenvalue weighted by Crippen LogP contribution is 2.22. The summed E-state index contributed by atoms with van der Waals surface area (Å²) in [4.78, 5) is 1.38. The van der Waals surface area contributed by atoms with Crippen molar-refractivity contribution in [2.75, 3.05) is 0 Å². The van der Waals surface area contributed by atoms with Gasteiger partial charge in [-0.25, -0.2) is 0 Å². The van der Waals surface area contributed by atoms with E-state index in [2.05, 4.69) is 24.4 Å². The second-order valence-electron chi connectivity index (χ2n) is 2.66. The van der Waals surface area contributed by atoms with Crippen LogP contribution in [0.25, 0.3) is 0 Å². The van der Waals surface area contributed by atoms with Crippen LogP contribution >= 0.6 is 23.7 Å². The molecule has 1 rings (SSSR count). The lowest BCUT2D eigenvalue weighted by Crippen LogP contribution is -2.21. The molecule has 2 unspecified atom stereocenters. The molecule has 0 aliphatic rings. The number of hydrogen-bond acceptors (Lipinski definition) is 2. The standard InChI is InChI=1S/C8H13NS.ClH/c1-6(7(2)9)8-4-3-5-10-8;/h3-7H,9H2,1-2H3;1H. The number of rotatable bonds is 2. The topological polar surface area (TPSA) is 26.0 Å². The maximum absolute atomic E-state index is 5.73. The highest BCUT2D eigenvalue weighted by molar-refractivity contribution is 7.10. The summed E-state index contributed by atoms with van der Waals surface area (Å²) in [6.07, 6.45) is 0. The third-order valence-electron chi connectivity index (χ3n) is 1.78. The van der Waals surface area contributed by atoms with Crippen molar-refractivity contribution in [3.63, 3.8) is 0 Å². The van der Waals surface area contributed by atoms with Crippen molar-refractivity contribution in [2.24, 2.45) is 5.73 Å². The lowest BCUT2D eigenvalue weighted by molar-refractivity contribution is 0.622. The van der Waals surface area contributed by atoms with Crippen LogP contribution in [0.5, 0.6) is 0 Å². The second-order valence-corrected chi connectivity index (χ2v) is 3.64. The van der Waals surface area contributed by atoms with E-state index >= 15 is 0 Å². The van der Waals surface area contributed by atoms with Crippen molar-refractivity contribution < 1.29 is 0 Å². The Morgan fingerprint density at radius 1 is 1.45 bits per heavy atom. The van der Waals surface area contributed by atoms with E-state index in [4.69, 9.17) is 5.73 Å². The van der Waals surface area contributed by atoms with Gasteiger partial charge >= 0.3 is 0 Å². The van der Waals surface area contributed by atoms with Gasteiger partial charge < -0.3 is 5.73 Å². The average molecular weight is 192 g/mol. The molecule has 0 amide bonds. The van der Waals surface area contributed by atoms with Crippen molar-refractivity contribution in [3.05, 3.63) is 22.4 Å². The summed E-state index contributed by atoms with van der Waals surface area (Å²) in [5.41, 5.74) is 5.73. The van der Waals surface area contributed by atoms with Crippen molar-refractivity contribution in [1.29, 1.82) is 0 Å². The SMILES string of the molecule is CC(N)C(C)c1cccs1.Cl. The van der Waals surface area contributed by atoms with Gasteiger partial charge in [0.2, 0.25) is 0 Å². The zero-order valence-corrected chi connectivity index (χ0v) is 8.41. The van der Waals surface area contributed by atoms with Gasteiger partial charge in [0.1, 0.15) is 0 Å². The predicted molar refractivity (Wildman–Crippen MR) is 53.6 cm³/mol. The summed E-state index contributed by atoms with van der Waals surface area (Å²) in [5.74, 6) is 0.500. The van der Waals surface area contributed by atoms with Gasteiger partial charge in [0.15, 0.2) is 0 Å². The molecule has 0 aliphatic carbocycles. The molecule has 0 saturated carbocycles. The fourth-order valence-corrected chi connectivity index (χ4v) is 1.71. The quantitative estimate of drug-likeness (QED) is 0.765. The third kappa shape index (κ3) is 2.81. The minimum Gasteiger partial charge on any atom is -0.327 e. The molecule has 0 aromatic carbocycles. The van der Waals surface area contributed by atoms with Gasteiger partial charge in [-0.3, -0.25) is 0 Å². The first-order chi connectivity index (χ1) is 4.72. The Bertz CT molecular complexity index is 184. The van der Waals surface area contributed by atoms with Crippen molar-refractivity contribution in [3.8, 4) is 0 Å². The van der Waals surface area contributed by atoms with E-state index in [1.54, 1.807) is 11.3 Å². The monoisotopic (exact) mass is 191 g/mol. The second kappa shape index (κ2) is 4.75. The van der Waals surface area contributed by atoms with Crippen LogP contribution in [0.4, 0.5) is 0 Å². The Morgan fingerprint density at radius 3 is 2.45 bits per heavy atom. The summed E-state index contributed by atoms with van der Waals surface area (Å²) in [6, 6.07) is 4.47. The van der Waals surface area contributed by atoms with Crippen LogP contribution in [0.1, 0.15) is 24.6 Å². The van der Waals surface area contributed by atoms with E-state index in [9.17, 15) is 0 Å². The lowest BCUT2D eigenvalue weighted by Gasteiger charge is -2.12. The van der Waals surface area contributed by atoms with Crippen molar-refractivity contribution >= 4 is 23.7 Å². The molecule has 0 bridgehead atoms. The molecule has 2 atom stereocenters. The Labute approximate surface area is 78.0 Å². The molecule has 1 aromatic heterocycles. The molecule has 0 spiro atoms. The van der Waals surface area contributed by atoms with E-state index in [0.29, 0.717) is 5.92 Å². The van der Waals surface area contributed by atoms with Gasteiger partial charge in [-0.1, -0.05) is 13.0 Å². The predicted octanol–water partition coefficient (Wildman–Crippen LogP) is 2.62. The molecule has 0 fully saturated rings. The molecule has 11 heavy (non-hydrogen) atoms. The van der Waals surface area contributed by atoms with Crippen molar-refractivity contribution in [2.45, 2.75) is 25.8 Å². The molecular formula is C8H14ClNS. The van der Waals surface area contributed by atoms with Crippen LogP contribution in [-0.4, -0.2) is 6.04 Å². The summed E-state index contributed by atoms with van der Waals surface area (Å²) in [6.45, 7) is 4.21. The maximum Gasteiger partial charge on any atom is 0.00887 e. The Balaban J connectivity index is 0.000001000. The van der Waals surface area contributed by atoms with Gasteiger partial charge in [-0.05, 0) is 18.4 Å². The molecule has 2 N–H and O–H groups in total. The van der Waals surface area contributed by atoms with E-state index in [0.717, 1.165) is 0 Å². The number of hydrogen-bond donors (Lipinski definition) is 1. The molecule has 1 nitrogen and oxygen atoms in total. The minimum atomic E-state index is 0. The molecule has 1 heterocycles. The normalized spacial score (nSPS) is 15.2. The smallest absolute Gasteiger partial charge is 0.00887 e. The number of halogens is 1. The fourth-order valence-electron chi connectivity index (χ4n) is 0.809. The van der Waals surface area contributed by atoms with Crippen LogP contribution < -0.4 is 5.73 Å². The van der Waals surface area contributed by atoms with Crippen molar-refractivity contribution in [1.82, 2.24) is 0 Å². The van der Waals surface area contributed by atoms with Gasteiger partial charge in [-0.2, -0.15) is 0 Å². The molecule has 0 saturated heterocycles. The van der Waals surface area contributed by atoms with Gasteiger partial charge in [0.25, 0.3) is 0 Å². The Kier molecular flexibility index (Phi) is 4.73. The van der Waals surface area contributed by atoms with E-state index < -0.39 is 0 Å². The molecule has 3 heteroatoms. The third-order valence-corrected chi connectivity index (χ3v) is 2.85. The zero-order chi connectivity index (χ0) is 7.56. The Hall–Kier alpha value is -0.0500. The molecule has 0 aliphatic heterocycles. The first-order valence-corrected chi connectivity index (χ1v) is 4.38. The zero-order valence-electron chi connectivity index (χ0n) is 6.78. The highest BCUT2D eigenvalue weighted by Gasteiger charge is 2.09. The Morgan fingerprint density at radius 2 is 2.09 bits per heavy atom. The van der Waals surface area contributed by atoms with Crippen LogP contribution in [0.3, 0.4) is 0 Å². The number of thiophene rings is 1. The first kappa shape index (κ1) is 11.0. The summed E-state index contributed by atoms with van der Waals surface area (Å²) >= 11 is 1.78. The van der Waals surface area contributed by atoms with E-state index in [1.807, 2.05) is 6.92 Å². The molecular weight excluding hydrogens is 178 g/mol. The molecule has 0 radical (unpaired) electrons. The van der Waals surface area contributed by atoms with Gasteiger partial charge in [-0.15, -0.1) is 23.7 Å². The van der Waals surface area contributed by atoms with Crippen LogP contribution in [0.2, 0.25) is 0 Å². The molecule has 1 aromatic rings. The maximum atomic E-state index is 5.73. The fraction of sp³-hybridized carbons (Fsp3) is 0.500. The summed E-state index contributed by atoms with van der Waals surface area (Å²) in [7, 11) is 0. The highest BCUT2D eigenvalue weighted by atomic mass is 35.5.